The molecule has 5 rings (SSSR count). The molecule has 2 amide bonds. The van der Waals surface area contributed by atoms with Gasteiger partial charge in [-0.15, -0.1) is 5.10 Å². The maximum Gasteiger partial charge on any atom is 0.338 e. The number of nitrogen functional groups attached to an aromatic ring is 2. The third kappa shape index (κ3) is 7.77. The van der Waals surface area contributed by atoms with Crippen LogP contribution in [0, 0.1) is 0 Å². The van der Waals surface area contributed by atoms with Gasteiger partial charge in [-0.05, 0) is 36.4 Å². The van der Waals surface area contributed by atoms with Gasteiger partial charge in [0, 0.05) is 7.11 Å². The number of methoxy groups -OCH3 is 1. The minimum absolute atomic E-state index is 0.131. The number of aromatic nitrogens is 3. The van der Waals surface area contributed by atoms with Gasteiger partial charge in [-0.25, -0.2) is 30.8 Å². The molecule has 0 bridgehead atoms. The third-order valence-corrected chi connectivity index (χ3v) is 7.36. The molecule has 49 heavy (non-hydrogen) atoms. The van der Waals surface area contributed by atoms with Crippen LogP contribution in [0.15, 0.2) is 91.0 Å². The fourth-order valence-electron chi connectivity index (χ4n) is 5.04. The summed E-state index contributed by atoms with van der Waals surface area (Å²) < 4.78 is 30.4. The highest BCUT2D eigenvalue weighted by Gasteiger charge is 2.53. The van der Waals surface area contributed by atoms with Gasteiger partial charge in [0.25, 0.3) is 11.8 Å². The van der Waals surface area contributed by atoms with E-state index in [1.807, 2.05) is 10.9 Å². The molecule has 1 fully saturated rings. The molecule has 2 heterocycles. The molecule has 3 aromatic carbocycles. The van der Waals surface area contributed by atoms with E-state index < -0.39 is 78.4 Å². The van der Waals surface area contributed by atoms with E-state index in [1.54, 1.807) is 54.6 Å². The SMILES string of the molecule is COC1OC(Cn2nnc(C(=O)NN)c2C(=O)NN)C(OC(=O)c2ccccc2)C(OC(=O)c2ccccc2)C1OC(=O)c1ccccc1. The van der Waals surface area contributed by atoms with Crippen molar-refractivity contribution in [1.82, 2.24) is 25.8 Å². The molecule has 0 radical (unpaired) electrons. The number of carbonyl (C=O) groups is 5. The zero-order valence-corrected chi connectivity index (χ0v) is 25.8. The molecule has 17 heteroatoms. The lowest BCUT2D eigenvalue weighted by molar-refractivity contribution is -0.289. The van der Waals surface area contributed by atoms with Crippen LogP contribution >= 0.6 is 0 Å². The van der Waals surface area contributed by atoms with Crippen molar-refractivity contribution < 1.29 is 47.7 Å². The van der Waals surface area contributed by atoms with Crippen LogP contribution in [0.1, 0.15) is 52.1 Å². The fourth-order valence-corrected chi connectivity index (χ4v) is 5.04. The number of carbonyl (C=O) groups excluding carboxylic acids is 5. The quantitative estimate of drug-likeness (QED) is 0.0559. The smallest absolute Gasteiger partial charge is 0.338 e. The molecule has 4 aromatic rings. The number of ether oxygens (including phenoxy) is 5. The molecule has 0 saturated carbocycles. The van der Waals surface area contributed by atoms with Crippen molar-refractivity contribution in [3.63, 3.8) is 0 Å². The second-order valence-electron chi connectivity index (χ2n) is 10.4. The van der Waals surface area contributed by atoms with Crippen LogP contribution in [-0.2, 0) is 30.2 Å². The number of benzene rings is 3. The molecule has 1 aliphatic heterocycles. The van der Waals surface area contributed by atoms with Crippen molar-refractivity contribution in [2.24, 2.45) is 11.7 Å². The minimum Gasteiger partial charge on any atom is -0.452 e. The Hall–Kier alpha value is -6.01. The Morgan fingerprint density at radius 1 is 0.694 bits per heavy atom. The van der Waals surface area contributed by atoms with E-state index in [0.29, 0.717) is 0 Å². The second-order valence-corrected chi connectivity index (χ2v) is 10.4. The minimum atomic E-state index is -1.57. The zero-order valence-electron chi connectivity index (χ0n) is 25.8. The maximum atomic E-state index is 13.5. The molecule has 1 saturated heterocycles. The molecular weight excluding hydrogens is 642 g/mol. The fraction of sp³-hybridized carbons (Fsp3) is 0.219. The third-order valence-electron chi connectivity index (χ3n) is 7.36. The van der Waals surface area contributed by atoms with Gasteiger partial charge in [-0.1, -0.05) is 59.8 Å². The Morgan fingerprint density at radius 3 is 1.59 bits per heavy atom. The van der Waals surface area contributed by atoms with Gasteiger partial charge >= 0.3 is 17.9 Å². The number of hydrogen-bond donors (Lipinski definition) is 4. The Bertz CT molecular complexity index is 1790. The molecule has 1 aliphatic rings. The van der Waals surface area contributed by atoms with Gasteiger partial charge in [-0.3, -0.25) is 20.4 Å². The highest BCUT2D eigenvalue weighted by atomic mass is 16.7. The van der Waals surface area contributed by atoms with Gasteiger partial charge in [0.15, 0.2) is 36.0 Å². The number of nitrogens with zero attached hydrogens (tertiary/aromatic N) is 3. The highest BCUT2D eigenvalue weighted by molar-refractivity contribution is 6.04. The predicted octanol–water partition coefficient (Wildman–Crippen LogP) is 0.533. The number of hydrogen-bond acceptors (Lipinski definition) is 14. The van der Waals surface area contributed by atoms with Crippen LogP contribution in [0.5, 0.6) is 0 Å². The summed E-state index contributed by atoms with van der Waals surface area (Å²) in [4.78, 5) is 65.6. The van der Waals surface area contributed by atoms with E-state index in [4.69, 9.17) is 35.4 Å². The van der Waals surface area contributed by atoms with Crippen LogP contribution in [0.25, 0.3) is 0 Å². The lowest BCUT2D eigenvalue weighted by Crippen LogP contribution is -2.62. The average molecular weight is 674 g/mol. The van der Waals surface area contributed by atoms with E-state index in [2.05, 4.69) is 10.3 Å². The van der Waals surface area contributed by atoms with Crippen LogP contribution in [-0.4, -0.2) is 82.5 Å². The van der Waals surface area contributed by atoms with Gasteiger partial charge in [-0.2, -0.15) is 0 Å². The summed E-state index contributed by atoms with van der Waals surface area (Å²) in [5.74, 6) is 6.16. The van der Waals surface area contributed by atoms with Gasteiger partial charge in [0.2, 0.25) is 0 Å². The Kier molecular flexibility index (Phi) is 11.0. The van der Waals surface area contributed by atoms with Crippen molar-refractivity contribution in [2.45, 2.75) is 37.3 Å². The van der Waals surface area contributed by atoms with Gasteiger partial charge in [0.1, 0.15) is 6.10 Å². The Morgan fingerprint density at radius 2 is 1.14 bits per heavy atom. The van der Waals surface area contributed by atoms with Crippen LogP contribution in [0.3, 0.4) is 0 Å². The second kappa shape index (κ2) is 15.7. The molecule has 1 aromatic heterocycles. The summed E-state index contributed by atoms with van der Waals surface area (Å²) in [5, 5.41) is 7.64. The Labute approximate surface area is 278 Å². The van der Waals surface area contributed by atoms with Crippen LogP contribution in [0.2, 0.25) is 0 Å². The van der Waals surface area contributed by atoms with E-state index >= 15 is 0 Å². The normalized spacial score (nSPS) is 20.0. The van der Waals surface area contributed by atoms with Gasteiger partial charge in [0.05, 0.1) is 23.2 Å². The lowest BCUT2D eigenvalue weighted by Gasteiger charge is -2.44. The number of rotatable bonds is 11. The zero-order chi connectivity index (χ0) is 34.9. The number of nitrogens with one attached hydrogen (secondary N) is 2. The van der Waals surface area contributed by atoms with Crippen molar-refractivity contribution in [3.8, 4) is 0 Å². The molecule has 254 valence electrons. The Balaban J connectivity index is 1.60. The number of esters is 3. The van der Waals surface area contributed by atoms with Crippen molar-refractivity contribution >= 4 is 29.7 Å². The molecule has 17 nitrogen and oxygen atoms in total. The first-order chi connectivity index (χ1) is 23.7. The summed E-state index contributed by atoms with van der Waals surface area (Å²) in [7, 11) is 1.25. The topological polar surface area (TPSA) is 238 Å². The van der Waals surface area contributed by atoms with Crippen LogP contribution < -0.4 is 22.5 Å². The maximum absolute atomic E-state index is 13.5. The van der Waals surface area contributed by atoms with E-state index in [-0.39, 0.29) is 16.7 Å². The molecule has 0 spiro atoms. The number of nitrogens with two attached hydrogens (primary N) is 2. The summed E-state index contributed by atoms with van der Waals surface area (Å²) in [6.07, 6.45) is -7.40. The van der Waals surface area contributed by atoms with E-state index in [1.165, 1.54) is 43.5 Å². The molecule has 0 aliphatic carbocycles. The first-order valence-corrected chi connectivity index (χ1v) is 14.7. The molecular formula is C32H31N7O10. The summed E-state index contributed by atoms with van der Waals surface area (Å²) in [5.41, 5.74) is 3.30. The standard InChI is InChI=1S/C32H31N7O10/c1-45-32-26(49-31(44)20-15-9-4-10-16-20)25(48-30(43)19-13-7-3-8-14-19)24(47-29(42)18-11-5-2-6-12-18)21(46-32)17-39-23(28(41)36-34)22(37-38-39)27(40)35-33/h2-16,21,24-26,32H,17,33-34H2,1H3,(H,35,40)(H,36,41). The molecule has 6 N–H and O–H groups in total. The molecule has 5 unspecified atom stereocenters. The average Bonchev–Trinajstić information content (AvgIpc) is 3.57. The first kappa shape index (κ1) is 34.3. The number of hydrazine groups is 2. The van der Waals surface area contributed by atoms with Crippen molar-refractivity contribution in [2.75, 3.05) is 7.11 Å². The summed E-state index contributed by atoms with van der Waals surface area (Å²) in [6, 6.07) is 23.8. The summed E-state index contributed by atoms with van der Waals surface area (Å²) in [6.45, 7) is -0.459. The first-order valence-electron chi connectivity index (χ1n) is 14.7. The van der Waals surface area contributed by atoms with Crippen LogP contribution in [0.4, 0.5) is 0 Å². The van der Waals surface area contributed by atoms with E-state index in [9.17, 15) is 24.0 Å². The van der Waals surface area contributed by atoms with E-state index in [0.717, 1.165) is 4.68 Å². The number of amides is 2. The lowest BCUT2D eigenvalue weighted by atomic mass is 9.97. The highest BCUT2D eigenvalue weighted by Crippen LogP contribution is 2.32. The van der Waals surface area contributed by atoms with Gasteiger partial charge < -0.3 is 23.7 Å². The largest absolute Gasteiger partial charge is 0.452 e. The summed E-state index contributed by atoms with van der Waals surface area (Å²) >= 11 is 0. The molecule has 5 atom stereocenters. The van der Waals surface area contributed by atoms with Crippen molar-refractivity contribution in [3.05, 3.63) is 119 Å². The van der Waals surface area contributed by atoms with Crippen molar-refractivity contribution in [1.29, 1.82) is 0 Å². The monoisotopic (exact) mass is 673 g/mol. The predicted molar refractivity (Wildman–Crippen MR) is 166 cm³/mol.